The summed E-state index contributed by atoms with van der Waals surface area (Å²) < 4.78 is 0. The Morgan fingerprint density at radius 2 is 2.10 bits per heavy atom. The van der Waals surface area contributed by atoms with Gasteiger partial charge < -0.3 is 15.6 Å². The van der Waals surface area contributed by atoms with Crippen molar-refractivity contribution >= 4 is 34.9 Å². The van der Waals surface area contributed by atoms with Crippen LogP contribution in [0.3, 0.4) is 0 Å². The molecule has 0 bridgehead atoms. The van der Waals surface area contributed by atoms with Gasteiger partial charge in [0, 0.05) is 25.8 Å². The number of nitrogens with zero attached hydrogens (tertiary/aromatic N) is 1. The lowest BCUT2D eigenvalue weighted by atomic mass is 10.3. The molecule has 112 valence electrons. The number of rotatable bonds is 8. The molecule has 0 fully saturated rings. The Balaban J connectivity index is 2.20. The average molecular weight is 314 g/mol. The van der Waals surface area contributed by atoms with Crippen LogP contribution in [-0.2, 0) is 0 Å². The van der Waals surface area contributed by atoms with Crippen molar-refractivity contribution in [1.29, 1.82) is 0 Å². The molecule has 3 N–H and O–H groups in total. The van der Waals surface area contributed by atoms with Crippen molar-refractivity contribution in [2.45, 2.75) is 38.8 Å². The summed E-state index contributed by atoms with van der Waals surface area (Å²) >= 11 is 6.75. The topological polar surface area (TPSA) is 69.8 Å². The van der Waals surface area contributed by atoms with Gasteiger partial charge in [-0.25, -0.2) is 4.98 Å². The number of imidazole rings is 1. The van der Waals surface area contributed by atoms with Gasteiger partial charge in [-0.1, -0.05) is 18.7 Å². The number of H-pyrrole nitrogens is 1. The van der Waals surface area contributed by atoms with Crippen LogP contribution in [0, 0.1) is 6.92 Å². The molecule has 0 radical (unpaired) electrons. The second-order valence-corrected chi connectivity index (χ2v) is 5.94. The molecule has 0 saturated carbocycles. The minimum absolute atomic E-state index is 0.0239. The van der Waals surface area contributed by atoms with Crippen LogP contribution < -0.4 is 10.6 Å². The van der Waals surface area contributed by atoms with E-state index in [4.69, 9.17) is 12.2 Å². The fourth-order valence-electron chi connectivity index (χ4n) is 1.59. The number of carbonyl (C=O) groups is 1. The fourth-order valence-corrected chi connectivity index (χ4v) is 2.65. The molecule has 0 unspecified atom stereocenters. The normalized spacial score (nSPS) is 10.3. The van der Waals surface area contributed by atoms with Gasteiger partial charge in [0.15, 0.2) is 16.1 Å². The van der Waals surface area contributed by atoms with Crippen LogP contribution in [0.5, 0.6) is 0 Å². The molecule has 5 nitrogen and oxygen atoms in total. The highest BCUT2D eigenvalue weighted by Gasteiger charge is 2.10. The van der Waals surface area contributed by atoms with Crippen molar-refractivity contribution in [3.05, 3.63) is 11.4 Å². The fraction of sp³-hybridized carbons (Fsp3) is 0.615. The number of aryl methyl sites for hydroxylation is 1. The van der Waals surface area contributed by atoms with Crippen molar-refractivity contribution in [2.24, 2.45) is 0 Å². The van der Waals surface area contributed by atoms with E-state index in [9.17, 15) is 4.79 Å². The molecular formula is C13H22N4OS2. The van der Waals surface area contributed by atoms with Crippen LogP contribution in [-0.4, -0.2) is 39.7 Å². The average Bonchev–Trinajstić information content (AvgIpc) is 2.77. The third-order valence-corrected chi connectivity index (χ3v) is 3.84. The van der Waals surface area contributed by atoms with E-state index in [2.05, 4.69) is 27.5 Å². The summed E-state index contributed by atoms with van der Waals surface area (Å²) in [5.74, 6) is 0.948. The third-order valence-electron chi connectivity index (χ3n) is 2.60. The predicted molar refractivity (Wildman–Crippen MR) is 87.6 cm³/mol. The number of aromatic amines is 1. The highest BCUT2D eigenvalue weighted by atomic mass is 32.2. The van der Waals surface area contributed by atoms with Gasteiger partial charge in [0.2, 0.25) is 0 Å². The first kappa shape index (κ1) is 17.0. The van der Waals surface area contributed by atoms with E-state index in [1.165, 1.54) is 0 Å². The summed E-state index contributed by atoms with van der Waals surface area (Å²) in [6, 6.07) is 0. The summed E-state index contributed by atoms with van der Waals surface area (Å²) in [5, 5.41) is 7.80. The van der Waals surface area contributed by atoms with Gasteiger partial charge in [0.05, 0.1) is 5.69 Å². The zero-order valence-corrected chi connectivity index (χ0v) is 13.8. The summed E-state index contributed by atoms with van der Waals surface area (Å²) in [6.45, 7) is 7.23. The first-order chi connectivity index (χ1) is 9.54. The van der Waals surface area contributed by atoms with E-state index in [0.717, 1.165) is 42.5 Å². The molecule has 0 aliphatic heterocycles. The van der Waals surface area contributed by atoms with Gasteiger partial charge in [-0.15, -0.1) is 0 Å². The van der Waals surface area contributed by atoms with Crippen molar-refractivity contribution < 1.29 is 4.79 Å². The highest BCUT2D eigenvalue weighted by Crippen LogP contribution is 2.17. The monoisotopic (exact) mass is 314 g/mol. The van der Waals surface area contributed by atoms with E-state index < -0.39 is 0 Å². The maximum atomic E-state index is 11.3. The Hall–Kier alpha value is -1.08. The molecule has 20 heavy (non-hydrogen) atoms. The molecule has 0 spiro atoms. The maximum Gasteiger partial charge on any atom is 0.177 e. The van der Waals surface area contributed by atoms with Crippen LogP contribution in [0.1, 0.15) is 42.9 Å². The smallest absolute Gasteiger partial charge is 0.177 e. The number of thioether (sulfide) groups is 1. The molecule has 1 aromatic rings. The number of ketones is 1. The lowest BCUT2D eigenvalue weighted by molar-refractivity contribution is 0.101. The Morgan fingerprint density at radius 3 is 2.70 bits per heavy atom. The van der Waals surface area contributed by atoms with Gasteiger partial charge in [0.1, 0.15) is 5.69 Å². The standard InChI is InChI=1S/C13H22N4OS2/c1-4-6-14-12(19)15-7-5-8-20-13-16-9(2)11(17-13)10(3)18/h4-8H2,1-3H3,(H,16,17)(H2,14,15,19). The Kier molecular flexibility index (Phi) is 7.61. The number of Topliss-reactive ketones (excluding diaryl/α,β-unsaturated/α-hetero) is 1. The van der Waals surface area contributed by atoms with Crippen molar-refractivity contribution in [3.8, 4) is 0 Å². The van der Waals surface area contributed by atoms with Crippen LogP contribution >= 0.6 is 24.0 Å². The first-order valence-corrected chi connectivity index (χ1v) is 8.16. The van der Waals surface area contributed by atoms with E-state index in [0.29, 0.717) is 10.8 Å². The van der Waals surface area contributed by atoms with Crippen LogP contribution in [0.15, 0.2) is 5.16 Å². The van der Waals surface area contributed by atoms with Gasteiger partial charge in [-0.2, -0.15) is 0 Å². The number of hydrogen-bond acceptors (Lipinski definition) is 4. The summed E-state index contributed by atoms with van der Waals surface area (Å²) in [7, 11) is 0. The third kappa shape index (κ3) is 5.92. The molecule has 0 aliphatic carbocycles. The quantitative estimate of drug-likeness (QED) is 0.296. The lowest BCUT2D eigenvalue weighted by Gasteiger charge is -2.08. The second kappa shape index (κ2) is 8.97. The molecule has 0 atom stereocenters. The van der Waals surface area contributed by atoms with Crippen LogP contribution in [0.2, 0.25) is 0 Å². The summed E-state index contributed by atoms with van der Waals surface area (Å²) in [6.07, 6.45) is 2.04. The summed E-state index contributed by atoms with van der Waals surface area (Å²) in [4.78, 5) is 18.7. The van der Waals surface area contributed by atoms with Gasteiger partial charge in [-0.3, -0.25) is 4.79 Å². The zero-order valence-electron chi connectivity index (χ0n) is 12.2. The molecule has 0 aromatic carbocycles. The van der Waals surface area contributed by atoms with Crippen molar-refractivity contribution in [3.63, 3.8) is 0 Å². The molecule has 7 heteroatoms. The largest absolute Gasteiger partial charge is 0.363 e. The molecular weight excluding hydrogens is 292 g/mol. The van der Waals surface area contributed by atoms with Crippen LogP contribution in [0.25, 0.3) is 0 Å². The number of aromatic nitrogens is 2. The van der Waals surface area contributed by atoms with Crippen molar-refractivity contribution in [1.82, 2.24) is 20.6 Å². The first-order valence-electron chi connectivity index (χ1n) is 6.76. The number of carbonyl (C=O) groups excluding carboxylic acids is 1. The van der Waals surface area contributed by atoms with Gasteiger partial charge in [0.25, 0.3) is 0 Å². The number of thiocarbonyl (C=S) groups is 1. The van der Waals surface area contributed by atoms with Crippen LogP contribution in [0.4, 0.5) is 0 Å². The SMILES string of the molecule is CCCNC(=S)NCCCSc1nc(C)c(C(C)=O)[nH]1. The van der Waals surface area contributed by atoms with E-state index >= 15 is 0 Å². The van der Waals surface area contributed by atoms with Crippen molar-refractivity contribution in [2.75, 3.05) is 18.8 Å². The molecule has 0 saturated heterocycles. The predicted octanol–water partition coefficient (Wildman–Crippen LogP) is 2.28. The van der Waals surface area contributed by atoms with E-state index in [-0.39, 0.29) is 5.78 Å². The minimum atomic E-state index is 0.0239. The van der Waals surface area contributed by atoms with Gasteiger partial charge in [-0.05, 0) is 32.0 Å². The second-order valence-electron chi connectivity index (χ2n) is 4.44. The zero-order chi connectivity index (χ0) is 15.0. The maximum absolute atomic E-state index is 11.3. The Bertz CT molecular complexity index is 459. The Morgan fingerprint density at radius 1 is 1.40 bits per heavy atom. The minimum Gasteiger partial charge on any atom is -0.363 e. The molecule has 0 aliphatic rings. The molecule has 1 heterocycles. The van der Waals surface area contributed by atoms with Gasteiger partial charge >= 0.3 is 0 Å². The number of hydrogen-bond donors (Lipinski definition) is 3. The van der Waals surface area contributed by atoms with E-state index in [1.54, 1.807) is 18.7 Å². The van der Waals surface area contributed by atoms with E-state index in [1.807, 2.05) is 6.92 Å². The summed E-state index contributed by atoms with van der Waals surface area (Å²) in [5.41, 5.74) is 1.37. The lowest BCUT2D eigenvalue weighted by Crippen LogP contribution is -2.36. The number of nitrogens with one attached hydrogen (secondary N) is 3. The Labute approximate surface area is 129 Å². The molecule has 1 aromatic heterocycles. The highest BCUT2D eigenvalue weighted by molar-refractivity contribution is 7.99. The molecule has 1 rings (SSSR count). The molecule has 0 amide bonds.